The zero-order valence-electron chi connectivity index (χ0n) is 11.2. The van der Waals surface area contributed by atoms with E-state index in [-0.39, 0.29) is 18.1 Å². The minimum absolute atomic E-state index is 0.129. The van der Waals surface area contributed by atoms with Gasteiger partial charge in [-0.15, -0.1) is 0 Å². The number of carbonyl (C=O) groups excluding carboxylic acids is 1. The Morgan fingerprint density at radius 3 is 3.32 bits per heavy atom. The number of fused-ring (bicyclic) bond motifs is 1. The Morgan fingerprint density at radius 2 is 2.53 bits per heavy atom. The molecule has 2 aliphatic heterocycles. The predicted octanol–water partition coefficient (Wildman–Crippen LogP) is 0.0614. The van der Waals surface area contributed by atoms with Gasteiger partial charge < -0.3 is 14.6 Å². The minimum atomic E-state index is -0.165. The van der Waals surface area contributed by atoms with Crippen LogP contribution in [0.3, 0.4) is 0 Å². The molecular weight excluding hydrogens is 244 g/mol. The topological polar surface area (TPSA) is 70.2 Å². The summed E-state index contributed by atoms with van der Waals surface area (Å²) in [6, 6.07) is -0.165. The van der Waals surface area contributed by atoms with Gasteiger partial charge in [0.25, 0.3) is 0 Å². The number of nitrogens with zero attached hydrogens (tertiary/aromatic N) is 2. The Hall–Kier alpha value is -1.40. The van der Waals surface area contributed by atoms with Gasteiger partial charge in [0.15, 0.2) is 0 Å². The lowest BCUT2D eigenvalue weighted by atomic mass is 10.0. The van der Waals surface area contributed by atoms with Crippen molar-refractivity contribution < 1.29 is 9.53 Å². The molecule has 0 bridgehead atoms. The van der Waals surface area contributed by atoms with Crippen LogP contribution in [0.2, 0.25) is 0 Å². The maximum atomic E-state index is 12.4. The zero-order chi connectivity index (χ0) is 13.2. The number of aromatic nitrogens is 2. The zero-order valence-corrected chi connectivity index (χ0v) is 11.2. The molecular formula is C13H20N4O2. The normalized spacial score (nSPS) is 26.2. The van der Waals surface area contributed by atoms with Gasteiger partial charge in [-0.25, -0.2) is 4.98 Å². The van der Waals surface area contributed by atoms with Crippen LogP contribution < -0.4 is 5.32 Å². The third-order valence-corrected chi connectivity index (χ3v) is 3.91. The van der Waals surface area contributed by atoms with Crippen LogP contribution in [0.1, 0.15) is 24.2 Å². The average Bonchev–Trinajstić information content (AvgIpc) is 3.07. The van der Waals surface area contributed by atoms with Crippen LogP contribution in [0.5, 0.6) is 0 Å². The van der Waals surface area contributed by atoms with E-state index >= 15 is 0 Å². The molecule has 6 nitrogen and oxygen atoms in total. The highest BCUT2D eigenvalue weighted by molar-refractivity contribution is 5.82. The average molecular weight is 264 g/mol. The van der Waals surface area contributed by atoms with Crippen molar-refractivity contribution in [2.24, 2.45) is 0 Å². The van der Waals surface area contributed by atoms with Gasteiger partial charge in [-0.1, -0.05) is 0 Å². The molecule has 2 aliphatic rings. The lowest BCUT2D eigenvalue weighted by molar-refractivity contribution is -0.133. The van der Waals surface area contributed by atoms with Gasteiger partial charge in [-0.2, -0.15) is 0 Å². The molecule has 104 valence electrons. The van der Waals surface area contributed by atoms with E-state index in [1.807, 2.05) is 7.05 Å². The van der Waals surface area contributed by atoms with Gasteiger partial charge in [-0.05, 0) is 12.8 Å². The van der Waals surface area contributed by atoms with E-state index in [9.17, 15) is 4.79 Å². The van der Waals surface area contributed by atoms with Crippen LogP contribution in [-0.2, 0) is 22.5 Å². The van der Waals surface area contributed by atoms with Gasteiger partial charge in [0.1, 0.15) is 0 Å². The summed E-state index contributed by atoms with van der Waals surface area (Å²) in [4.78, 5) is 21.5. The van der Waals surface area contributed by atoms with E-state index in [0.29, 0.717) is 19.5 Å². The third-order valence-electron chi connectivity index (χ3n) is 3.91. The van der Waals surface area contributed by atoms with Crippen molar-refractivity contribution >= 4 is 5.91 Å². The fourth-order valence-electron chi connectivity index (χ4n) is 2.79. The molecule has 2 N–H and O–H groups in total. The second-order valence-corrected chi connectivity index (χ2v) is 5.32. The van der Waals surface area contributed by atoms with Crippen LogP contribution in [-0.4, -0.2) is 53.1 Å². The molecule has 1 aromatic heterocycles. The van der Waals surface area contributed by atoms with Gasteiger partial charge in [0.05, 0.1) is 29.9 Å². The van der Waals surface area contributed by atoms with E-state index < -0.39 is 0 Å². The predicted molar refractivity (Wildman–Crippen MR) is 69.5 cm³/mol. The van der Waals surface area contributed by atoms with Crippen molar-refractivity contribution in [1.29, 1.82) is 0 Å². The molecule has 6 heteroatoms. The number of rotatable bonds is 3. The van der Waals surface area contributed by atoms with Crippen LogP contribution in [0.4, 0.5) is 0 Å². The third kappa shape index (κ3) is 2.64. The smallest absolute Gasteiger partial charge is 0.239 e. The van der Waals surface area contributed by atoms with Crippen LogP contribution in [0, 0.1) is 0 Å². The van der Waals surface area contributed by atoms with Crippen LogP contribution >= 0.6 is 0 Å². The highest BCUT2D eigenvalue weighted by Crippen LogP contribution is 2.16. The standard InChI is InChI=1S/C13H20N4O2/c1-17(7-9-3-2-4-19-9)13(18)11-5-10-12(6-14-11)16-8-15-10/h8-9,11,14H,2-7H2,1H3,(H,15,16). The second-order valence-electron chi connectivity index (χ2n) is 5.32. The first-order valence-corrected chi connectivity index (χ1v) is 6.85. The maximum absolute atomic E-state index is 12.4. The number of aromatic amines is 1. The Balaban J connectivity index is 1.58. The number of imidazole rings is 1. The summed E-state index contributed by atoms with van der Waals surface area (Å²) < 4.78 is 5.57. The number of likely N-dealkylation sites (N-methyl/N-ethyl adjacent to an activating group) is 1. The molecule has 1 saturated heterocycles. The van der Waals surface area contributed by atoms with Crippen molar-refractivity contribution in [1.82, 2.24) is 20.2 Å². The summed E-state index contributed by atoms with van der Waals surface area (Å²) in [5.41, 5.74) is 2.09. The number of amides is 1. The summed E-state index contributed by atoms with van der Waals surface area (Å²) in [5, 5.41) is 3.26. The van der Waals surface area contributed by atoms with E-state index in [4.69, 9.17) is 4.74 Å². The molecule has 1 amide bonds. The molecule has 0 saturated carbocycles. The number of hydrogen-bond acceptors (Lipinski definition) is 4. The molecule has 19 heavy (non-hydrogen) atoms. The van der Waals surface area contributed by atoms with E-state index in [2.05, 4.69) is 15.3 Å². The van der Waals surface area contributed by atoms with Crippen molar-refractivity contribution in [3.8, 4) is 0 Å². The quantitative estimate of drug-likeness (QED) is 0.810. The molecule has 0 aliphatic carbocycles. The Morgan fingerprint density at radius 1 is 1.63 bits per heavy atom. The lowest BCUT2D eigenvalue weighted by Crippen LogP contribution is -2.49. The van der Waals surface area contributed by atoms with Crippen LogP contribution in [0.15, 0.2) is 6.33 Å². The molecule has 2 unspecified atom stereocenters. The summed E-state index contributed by atoms with van der Waals surface area (Å²) in [7, 11) is 1.85. The lowest BCUT2D eigenvalue weighted by Gasteiger charge is -2.28. The molecule has 0 aromatic carbocycles. The molecule has 2 atom stereocenters. The fraction of sp³-hybridized carbons (Fsp3) is 0.692. The Labute approximate surface area is 112 Å². The summed E-state index contributed by atoms with van der Waals surface area (Å²) >= 11 is 0. The number of carbonyl (C=O) groups is 1. The Bertz CT molecular complexity index is 453. The first-order valence-electron chi connectivity index (χ1n) is 6.85. The van der Waals surface area contributed by atoms with Crippen molar-refractivity contribution in [3.05, 3.63) is 17.7 Å². The van der Waals surface area contributed by atoms with E-state index in [1.54, 1.807) is 11.2 Å². The summed E-state index contributed by atoms with van der Waals surface area (Å²) in [5.74, 6) is 0.129. The summed E-state index contributed by atoms with van der Waals surface area (Å²) in [6.07, 6.45) is 4.71. The number of ether oxygens (including phenoxy) is 1. The van der Waals surface area contributed by atoms with Gasteiger partial charge in [-0.3, -0.25) is 10.1 Å². The molecule has 0 spiro atoms. The minimum Gasteiger partial charge on any atom is -0.376 e. The highest BCUT2D eigenvalue weighted by atomic mass is 16.5. The number of hydrogen-bond donors (Lipinski definition) is 2. The molecule has 1 fully saturated rings. The largest absolute Gasteiger partial charge is 0.376 e. The fourth-order valence-corrected chi connectivity index (χ4v) is 2.79. The maximum Gasteiger partial charge on any atom is 0.239 e. The SMILES string of the molecule is CN(CC1CCCO1)C(=O)C1Cc2nc[nH]c2CN1. The highest BCUT2D eigenvalue weighted by Gasteiger charge is 2.29. The molecule has 3 rings (SSSR count). The van der Waals surface area contributed by atoms with Crippen molar-refractivity contribution in [2.45, 2.75) is 38.0 Å². The monoisotopic (exact) mass is 264 g/mol. The van der Waals surface area contributed by atoms with Gasteiger partial charge in [0, 0.05) is 33.2 Å². The Kier molecular flexibility index (Phi) is 3.52. The first kappa shape index (κ1) is 12.6. The number of nitrogens with one attached hydrogen (secondary N) is 2. The molecule has 3 heterocycles. The van der Waals surface area contributed by atoms with Crippen LogP contribution in [0.25, 0.3) is 0 Å². The van der Waals surface area contributed by atoms with Crippen molar-refractivity contribution in [3.63, 3.8) is 0 Å². The van der Waals surface area contributed by atoms with Gasteiger partial charge >= 0.3 is 0 Å². The van der Waals surface area contributed by atoms with E-state index in [0.717, 1.165) is 30.8 Å². The summed E-state index contributed by atoms with van der Waals surface area (Å²) in [6.45, 7) is 2.19. The number of H-pyrrole nitrogens is 1. The second kappa shape index (κ2) is 5.30. The first-order chi connectivity index (χ1) is 9.24. The molecule has 0 radical (unpaired) electrons. The van der Waals surface area contributed by atoms with Crippen molar-refractivity contribution in [2.75, 3.05) is 20.2 Å². The van der Waals surface area contributed by atoms with E-state index in [1.165, 1.54) is 0 Å². The van der Waals surface area contributed by atoms with Gasteiger partial charge in [0.2, 0.25) is 5.91 Å². The molecule has 1 aromatic rings.